The fraction of sp³-hybridized carbons (Fsp3) is 0.200. The van der Waals surface area contributed by atoms with Crippen LogP contribution in [0.25, 0.3) is 0 Å². The molecule has 8 heteroatoms. The van der Waals surface area contributed by atoms with E-state index in [2.05, 4.69) is 19.9 Å². The van der Waals surface area contributed by atoms with Gasteiger partial charge in [0.15, 0.2) is 0 Å². The van der Waals surface area contributed by atoms with E-state index in [4.69, 9.17) is 4.74 Å². The molecule has 0 aliphatic carbocycles. The highest BCUT2D eigenvalue weighted by atomic mass is 32.2. The molecule has 0 aromatic carbocycles. The van der Waals surface area contributed by atoms with Crippen molar-refractivity contribution in [2.24, 2.45) is 0 Å². The van der Waals surface area contributed by atoms with Crippen LogP contribution in [0, 0.1) is 0 Å². The summed E-state index contributed by atoms with van der Waals surface area (Å²) in [5.41, 5.74) is 0.292. The molecule has 2 heterocycles. The molecule has 2 aromatic heterocycles. The molecule has 0 aliphatic rings. The molecule has 0 aliphatic heterocycles. The Morgan fingerprint density at radius 2 is 2.33 bits per heavy atom. The fourth-order valence-electron chi connectivity index (χ4n) is 1.31. The van der Waals surface area contributed by atoms with Gasteiger partial charge in [-0.15, -0.1) is 0 Å². The number of nitrogens with one attached hydrogen (secondary N) is 2. The average molecular weight is 268 g/mol. The van der Waals surface area contributed by atoms with E-state index in [-0.39, 0.29) is 10.8 Å². The third-order valence-corrected chi connectivity index (χ3v) is 3.41. The lowest BCUT2D eigenvalue weighted by molar-refractivity contribution is 0.329. The predicted molar refractivity (Wildman–Crippen MR) is 64.8 cm³/mol. The number of rotatable bonds is 5. The fourth-order valence-corrected chi connectivity index (χ4v) is 2.27. The molecule has 2 N–H and O–H groups in total. The third kappa shape index (κ3) is 2.59. The van der Waals surface area contributed by atoms with Crippen LogP contribution in [0.1, 0.15) is 6.92 Å². The number of hydrogen-bond donors (Lipinski definition) is 2. The molecule has 18 heavy (non-hydrogen) atoms. The van der Waals surface area contributed by atoms with Gasteiger partial charge in [0.25, 0.3) is 10.0 Å². The van der Waals surface area contributed by atoms with Gasteiger partial charge in [-0.05, 0) is 19.1 Å². The topological polar surface area (TPSA) is 97.0 Å². The molecule has 0 saturated carbocycles. The van der Waals surface area contributed by atoms with Crippen LogP contribution in [0.15, 0.2) is 35.6 Å². The van der Waals surface area contributed by atoms with E-state index in [0.29, 0.717) is 12.3 Å². The molecule has 0 amide bonds. The number of sulfonamides is 1. The van der Waals surface area contributed by atoms with E-state index in [9.17, 15) is 8.42 Å². The molecule has 0 unspecified atom stereocenters. The summed E-state index contributed by atoms with van der Waals surface area (Å²) in [6.07, 6.45) is 4.04. The number of aromatic nitrogens is 3. The van der Waals surface area contributed by atoms with Crippen molar-refractivity contribution < 1.29 is 13.2 Å². The van der Waals surface area contributed by atoms with Crippen LogP contribution in [-0.2, 0) is 10.0 Å². The van der Waals surface area contributed by atoms with Crippen molar-refractivity contribution in [3.8, 4) is 5.88 Å². The Bertz CT molecular complexity index is 610. The minimum atomic E-state index is -3.67. The van der Waals surface area contributed by atoms with Crippen molar-refractivity contribution >= 4 is 15.7 Å². The quantitative estimate of drug-likeness (QED) is 0.843. The summed E-state index contributed by atoms with van der Waals surface area (Å²) in [7, 11) is -3.67. The van der Waals surface area contributed by atoms with Crippen molar-refractivity contribution in [2.75, 3.05) is 11.3 Å². The van der Waals surface area contributed by atoms with Crippen LogP contribution in [0.5, 0.6) is 5.88 Å². The Morgan fingerprint density at radius 3 is 3.00 bits per heavy atom. The molecule has 0 saturated heterocycles. The number of pyridine rings is 1. The predicted octanol–water partition coefficient (Wildman–Crippen LogP) is 1.00. The third-order valence-electron chi connectivity index (χ3n) is 2.08. The second-order valence-corrected chi connectivity index (χ2v) is 5.01. The normalized spacial score (nSPS) is 11.2. The van der Waals surface area contributed by atoms with Crippen molar-refractivity contribution in [1.29, 1.82) is 0 Å². The second kappa shape index (κ2) is 5.05. The van der Waals surface area contributed by atoms with Gasteiger partial charge in [-0.1, -0.05) is 0 Å². The molecule has 2 aromatic rings. The monoisotopic (exact) mass is 268 g/mol. The largest absolute Gasteiger partial charge is 0.476 e. The van der Waals surface area contributed by atoms with Gasteiger partial charge in [0.2, 0.25) is 5.88 Å². The lowest BCUT2D eigenvalue weighted by atomic mass is 10.4. The molecule has 96 valence electrons. The van der Waals surface area contributed by atoms with Gasteiger partial charge < -0.3 is 4.74 Å². The van der Waals surface area contributed by atoms with Crippen LogP contribution >= 0.6 is 0 Å². The first-order chi connectivity index (χ1) is 8.63. The van der Waals surface area contributed by atoms with Crippen LogP contribution in [0.3, 0.4) is 0 Å². The Kier molecular flexibility index (Phi) is 3.47. The Hall–Kier alpha value is -2.09. The molecular weight excluding hydrogens is 256 g/mol. The smallest absolute Gasteiger partial charge is 0.265 e. The van der Waals surface area contributed by atoms with Crippen molar-refractivity contribution in [1.82, 2.24) is 15.2 Å². The van der Waals surface area contributed by atoms with Gasteiger partial charge in [0, 0.05) is 12.4 Å². The molecule has 0 bridgehead atoms. The lowest BCUT2D eigenvalue weighted by Gasteiger charge is -2.10. The van der Waals surface area contributed by atoms with Gasteiger partial charge in [0.05, 0.1) is 12.8 Å². The van der Waals surface area contributed by atoms with Crippen LogP contribution < -0.4 is 9.46 Å². The van der Waals surface area contributed by atoms with Crippen LogP contribution in [0.4, 0.5) is 5.69 Å². The summed E-state index contributed by atoms with van der Waals surface area (Å²) in [5, 5.41) is 6.04. The number of H-pyrrole nitrogens is 1. The van der Waals surface area contributed by atoms with Gasteiger partial charge in [-0.25, -0.2) is 13.4 Å². The van der Waals surface area contributed by atoms with E-state index in [1.54, 1.807) is 19.1 Å². The maximum Gasteiger partial charge on any atom is 0.265 e. The van der Waals surface area contributed by atoms with E-state index in [1.165, 1.54) is 18.6 Å². The first-order valence-electron chi connectivity index (χ1n) is 5.23. The highest BCUT2D eigenvalue weighted by Gasteiger charge is 2.17. The summed E-state index contributed by atoms with van der Waals surface area (Å²) in [6.45, 7) is 2.19. The molecule has 0 atom stereocenters. The zero-order valence-corrected chi connectivity index (χ0v) is 10.4. The average Bonchev–Trinajstić information content (AvgIpc) is 2.86. The van der Waals surface area contributed by atoms with E-state index >= 15 is 0 Å². The Labute approximate surface area is 104 Å². The summed E-state index contributed by atoms with van der Waals surface area (Å²) < 4.78 is 31.6. The zero-order valence-electron chi connectivity index (χ0n) is 9.62. The summed E-state index contributed by atoms with van der Waals surface area (Å²) in [4.78, 5) is 4.01. The number of anilines is 1. The minimum Gasteiger partial charge on any atom is -0.476 e. The highest BCUT2D eigenvalue weighted by Crippen LogP contribution is 2.23. The van der Waals surface area contributed by atoms with Gasteiger partial charge in [0.1, 0.15) is 10.6 Å². The SMILES string of the molecule is CCOc1ncccc1NS(=O)(=O)c1cn[nH]c1. The molecular formula is C10H12N4O3S. The lowest BCUT2D eigenvalue weighted by Crippen LogP contribution is -2.13. The Balaban J connectivity index is 2.29. The van der Waals surface area contributed by atoms with Crippen LogP contribution in [0.2, 0.25) is 0 Å². The van der Waals surface area contributed by atoms with Gasteiger partial charge in [-0.3, -0.25) is 9.82 Å². The number of ether oxygens (including phenoxy) is 1. The maximum atomic E-state index is 12.0. The van der Waals surface area contributed by atoms with Crippen LogP contribution in [-0.4, -0.2) is 30.2 Å². The molecule has 0 fully saturated rings. The maximum absolute atomic E-state index is 12.0. The molecule has 0 radical (unpaired) electrons. The summed E-state index contributed by atoms with van der Waals surface area (Å²) in [5.74, 6) is 0.243. The summed E-state index contributed by atoms with van der Waals surface area (Å²) >= 11 is 0. The standard InChI is InChI=1S/C10H12N4O3S/c1-2-17-10-9(4-3-5-11-10)14-18(15,16)8-6-12-13-7-8/h3-7,14H,2H2,1H3,(H,12,13). The minimum absolute atomic E-state index is 0.0498. The number of nitrogens with zero attached hydrogens (tertiary/aromatic N) is 2. The highest BCUT2D eigenvalue weighted by molar-refractivity contribution is 7.92. The first kappa shape index (κ1) is 12.4. The first-order valence-corrected chi connectivity index (χ1v) is 6.71. The molecule has 7 nitrogen and oxygen atoms in total. The van der Waals surface area contributed by atoms with Crippen molar-refractivity contribution in [2.45, 2.75) is 11.8 Å². The van der Waals surface area contributed by atoms with Crippen molar-refractivity contribution in [3.63, 3.8) is 0 Å². The van der Waals surface area contributed by atoms with E-state index in [1.807, 2.05) is 0 Å². The summed E-state index contributed by atoms with van der Waals surface area (Å²) in [6, 6.07) is 3.20. The van der Waals surface area contributed by atoms with E-state index in [0.717, 1.165) is 0 Å². The second-order valence-electron chi connectivity index (χ2n) is 3.33. The number of hydrogen-bond acceptors (Lipinski definition) is 5. The molecule has 2 rings (SSSR count). The Morgan fingerprint density at radius 1 is 1.50 bits per heavy atom. The van der Waals surface area contributed by atoms with E-state index < -0.39 is 10.0 Å². The van der Waals surface area contributed by atoms with Gasteiger partial charge >= 0.3 is 0 Å². The van der Waals surface area contributed by atoms with Gasteiger partial charge in [-0.2, -0.15) is 5.10 Å². The van der Waals surface area contributed by atoms with Crippen molar-refractivity contribution in [3.05, 3.63) is 30.7 Å². The molecule has 0 spiro atoms. The number of aromatic amines is 1. The zero-order chi connectivity index (χ0) is 13.0.